The smallest absolute Gasteiger partial charge is 0.256 e. The number of rotatable bonds is 3. The van der Waals surface area contributed by atoms with Gasteiger partial charge in [0.15, 0.2) is 4.77 Å². The van der Waals surface area contributed by atoms with E-state index in [9.17, 15) is 4.79 Å². The minimum Gasteiger partial charge on any atom is -0.496 e. The highest BCUT2D eigenvalue weighted by molar-refractivity contribution is 7.71. The quantitative estimate of drug-likeness (QED) is 0.838. The van der Waals surface area contributed by atoms with Crippen molar-refractivity contribution in [2.45, 2.75) is 19.5 Å². The lowest BCUT2D eigenvalue weighted by Crippen LogP contribution is -2.35. The summed E-state index contributed by atoms with van der Waals surface area (Å²) in [5.41, 5.74) is 2.62. The van der Waals surface area contributed by atoms with Crippen LogP contribution in [0.15, 0.2) is 23.3 Å². The van der Waals surface area contributed by atoms with E-state index in [2.05, 4.69) is 19.9 Å². The highest BCUT2D eigenvalue weighted by atomic mass is 32.1. The number of H-pyrrole nitrogens is 2. The molecule has 3 heterocycles. The second-order valence-electron chi connectivity index (χ2n) is 5.01. The van der Waals surface area contributed by atoms with Gasteiger partial charge in [-0.3, -0.25) is 19.7 Å². The summed E-state index contributed by atoms with van der Waals surface area (Å²) in [5.74, 6) is 0.817. The van der Waals surface area contributed by atoms with Crippen LogP contribution in [0.4, 0.5) is 0 Å². The van der Waals surface area contributed by atoms with Crippen LogP contribution < -0.4 is 10.3 Å². The number of hydrogen-bond donors (Lipinski definition) is 2. The zero-order valence-electron chi connectivity index (χ0n) is 11.7. The molecule has 0 amide bonds. The molecule has 0 aliphatic carbocycles. The Hall–Kier alpha value is -1.99. The van der Waals surface area contributed by atoms with Crippen LogP contribution in [0.2, 0.25) is 0 Å². The Morgan fingerprint density at radius 3 is 3.14 bits per heavy atom. The number of aromatic nitrogens is 3. The molecule has 0 fully saturated rings. The third-order valence-corrected chi connectivity index (χ3v) is 3.87. The van der Waals surface area contributed by atoms with E-state index in [0.29, 0.717) is 17.9 Å². The van der Waals surface area contributed by atoms with Crippen LogP contribution in [-0.2, 0) is 19.5 Å². The van der Waals surface area contributed by atoms with Crippen molar-refractivity contribution in [1.29, 1.82) is 0 Å². The predicted molar refractivity (Wildman–Crippen MR) is 80.9 cm³/mol. The third-order valence-electron chi connectivity index (χ3n) is 3.66. The fraction of sp³-hybridized carbons (Fsp3) is 0.357. The summed E-state index contributed by atoms with van der Waals surface area (Å²) in [4.78, 5) is 24.1. The van der Waals surface area contributed by atoms with Gasteiger partial charge in [0.1, 0.15) is 5.75 Å². The second-order valence-corrected chi connectivity index (χ2v) is 5.42. The number of pyridine rings is 1. The first kappa shape index (κ1) is 14.0. The summed E-state index contributed by atoms with van der Waals surface area (Å²) < 4.78 is 5.73. The SMILES string of the molecule is COc1ccncc1CN1CCc2[nH]c(=S)[nH]c(=O)c2C1. The maximum absolute atomic E-state index is 12.0. The monoisotopic (exact) mass is 304 g/mol. The molecule has 2 aromatic heterocycles. The molecule has 21 heavy (non-hydrogen) atoms. The topological polar surface area (TPSA) is 74.0 Å². The van der Waals surface area contributed by atoms with Gasteiger partial charge in [-0.15, -0.1) is 0 Å². The van der Waals surface area contributed by atoms with E-state index in [-0.39, 0.29) is 5.56 Å². The van der Waals surface area contributed by atoms with Crippen molar-refractivity contribution in [2.24, 2.45) is 0 Å². The van der Waals surface area contributed by atoms with Gasteiger partial charge < -0.3 is 9.72 Å². The Morgan fingerprint density at radius 1 is 1.48 bits per heavy atom. The zero-order chi connectivity index (χ0) is 14.8. The molecule has 0 atom stereocenters. The van der Waals surface area contributed by atoms with Crippen LogP contribution in [-0.4, -0.2) is 33.5 Å². The van der Waals surface area contributed by atoms with E-state index < -0.39 is 0 Å². The van der Waals surface area contributed by atoms with Crippen LogP contribution in [0.5, 0.6) is 5.75 Å². The van der Waals surface area contributed by atoms with E-state index >= 15 is 0 Å². The average Bonchev–Trinajstić information content (AvgIpc) is 2.48. The summed E-state index contributed by atoms with van der Waals surface area (Å²) in [6.45, 7) is 2.15. The molecular formula is C14H16N4O2S. The van der Waals surface area contributed by atoms with Crippen molar-refractivity contribution in [3.8, 4) is 5.75 Å². The summed E-state index contributed by atoms with van der Waals surface area (Å²) in [5, 5.41) is 0. The Kier molecular flexibility index (Phi) is 3.85. The van der Waals surface area contributed by atoms with Crippen LogP contribution >= 0.6 is 12.2 Å². The van der Waals surface area contributed by atoms with Crippen molar-refractivity contribution >= 4 is 12.2 Å². The second kappa shape index (κ2) is 5.79. The van der Waals surface area contributed by atoms with E-state index in [1.54, 1.807) is 19.5 Å². The fourth-order valence-electron chi connectivity index (χ4n) is 2.62. The summed E-state index contributed by atoms with van der Waals surface area (Å²) in [7, 11) is 1.65. The van der Waals surface area contributed by atoms with Crippen molar-refractivity contribution in [1.82, 2.24) is 19.9 Å². The molecule has 0 spiro atoms. The molecule has 0 unspecified atom stereocenters. The number of fused-ring (bicyclic) bond motifs is 1. The van der Waals surface area contributed by atoms with E-state index in [1.807, 2.05) is 6.07 Å². The Balaban J connectivity index is 1.84. The molecule has 0 radical (unpaired) electrons. The van der Waals surface area contributed by atoms with Crippen LogP contribution in [0, 0.1) is 4.77 Å². The van der Waals surface area contributed by atoms with Crippen molar-refractivity contribution in [2.75, 3.05) is 13.7 Å². The van der Waals surface area contributed by atoms with Gasteiger partial charge in [-0.2, -0.15) is 0 Å². The molecule has 0 saturated carbocycles. The maximum Gasteiger partial charge on any atom is 0.256 e. The van der Waals surface area contributed by atoms with Gasteiger partial charge in [0.25, 0.3) is 5.56 Å². The Labute approximate surface area is 126 Å². The number of aromatic amines is 2. The van der Waals surface area contributed by atoms with Gasteiger partial charge in [-0.05, 0) is 18.3 Å². The van der Waals surface area contributed by atoms with Crippen LogP contribution in [0.3, 0.4) is 0 Å². The van der Waals surface area contributed by atoms with Gasteiger partial charge in [0, 0.05) is 49.7 Å². The van der Waals surface area contributed by atoms with Crippen molar-refractivity contribution < 1.29 is 4.74 Å². The fourth-order valence-corrected chi connectivity index (χ4v) is 2.84. The van der Waals surface area contributed by atoms with Gasteiger partial charge in [-0.25, -0.2) is 0 Å². The van der Waals surface area contributed by atoms with E-state index in [4.69, 9.17) is 17.0 Å². The number of hydrogen-bond acceptors (Lipinski definition) is 5. The first-order valence-corrected chi connectivity index (χ1v) is 7.12. The van der Waals surface area contributed by atoms with Crippen molar-refractivity contribution in [3.63, 3.8) is 0 Å². The number of nitrogens with one attached hydrogen (secondary N) is 2. The highest BCUT2D eigenvalue weighted by Crippen LogP contribution is 2.21. The van der Waals surface area contributed by atoms with Gasteiger partial charge >= 0.3 is 0 Å². The average molecular weight is 304 g/mol. The third kappa shape index (κ3) is 2.88. The lowest BCUT2D eigenvalue weighted by molar-refractivity contribution is 0.237. The van der Waals surface area contributed by atoms with Gasteiger partial charge in [-0.1, -0.05) is 0 Å². The molecule has 0 saturated heterocycles. The molecular weight excluding hydrogens is 288 g/mol. The predicted octanol–water partition coefficient (Wildman–Crippen LogP) is 1.39. The number of methoxy groups -OCH3 is 1. The maximum atomic E-state index is 12.0. The Morgan fingerprint density at radius 2 is 2.33 bits per heavy atom. The largest absolute Gasteiger partial charge is 0.496 e. The van der Waals surface area contributed by atoms with E-state index in [1.165, 1.54) is 0 Å². The molecule has 110 valence electrons. The summed E-state index contributed by atoms with van der Waals surface area (Å²) in [6, 6.07) is 1.84. The molecule has 3 rings (SSSR count). The minimum absolute atomic E-state index is 0.100. The molecule has 1 aliphatic heterocycles. The number of ether oxygens (including phenoxy) is 1. The highest BCUT2D eigenvalue weighted by Gasteiger charge is 2.20. The first-order valence-electron chi connectivity index (χ1n) is 6.71. The molecule has 6 nitrogen and oxygen atoms in total. The first-order chi connectivity index (χ1) is 10.2. The number of nitrogens with zero attached hydrogens (tertiary/aromatic N) is 2. The Bertz CT molecular complexity index is 768. The lowest BCUT2D eigenvalue weighted by atomic mass is 10.1. The molecule has 0 aromatic carbocycles. The normalized spacial score (nSPS) is 14.7. The van der Waals surface area contributed by atoms with Gasteiger partial charge in [0.2, 0.25) is 0 Å². The molecule has 2 N–H and O–H groups in total. The van der Waals surface area contributed by atoms with Crippen molar-refractivity contribution in [3.05, 3.63) is 50.4 Å². The van der Waals surface area contributed by atoms with Gasteiger partial charge in [0.05, 0.1) is 12.7 Å². The zero-order valence-corrected chi connectivity index (χ0v) is 12.5. The van der Waals surface area contributed by atoms with Crippen LogP contribution in [0.1, 0.15) is 16.8 Å². The van der Waals surface area contributed by atoms with Crippen LogP contribution in [0.25, 0.3) is 0 Å². The molecule has 2 aromatic rings. The summed E-state index contributed by atoms with van der Waals surface area (Å²) in [6.07, 6.45) is 4.29. The molecule has 1 aliphatic rings. The van der Waals surface area contributed by atoms with E-state index in [0.717, 1.165) is 35.5 Å². The lowest BCUT2D eigenvalue weighted by Gasteiger charge is -2.28. The molecule has 7 heteroatoms. The minimum atomic E-state index is -0.100. The standard InChI is InChI=1S/C14H16N4O2S/c1-20-12-2-4-15-6-9(12)7-18-5-3-11-10(8-18)13(19)17-14(21)16-11/h2,4,6H,3,5,7-8H2,1H3,(H2,16,17,19,21). The summed E-state index contributed by atoms with van der Waals surface area (Å²) >= 11 is 5.00. The molecule has 0 bridgehead atoms.